The first-order valence-corrected chi connectivity index (χ1v) is 11.4. The summed E-state index contributed by atoms with van der Waals surface area (Å²) < 4.78 is 0. The fourth-order valence-corrected chi connectivity index (χ4v) is 8.64. The van der Waals surface area contributed by atoms with E-state index in [1.165, 1.54) is 25.7 Å². The fourth-order valence-electron chi connectivity index (χ4n) is 8.64. The molecule has 26 heavy (non-hydrogen) atoms. The Labute approximate surface area is 160 Å². The van der Waals surface area contributed by atoms with Gasteiger partial charge in [0.1, 0.15) is 0 Å². The van der Waals surface area contributed by atoms with Crippen molar-refractivity contribution in [2.75, 3.05) is 6.54 Å². The molecule has 10 atom stereocenters. The first-order chi connectivity index (χ1) is 12.3. The number of aliphatic hydroxyl groups excluding tert-OH is 2. The van der Waals surface area contributed by atoms with E-state index in [1.54, 1.807) is 0 Å². The molecule has 4 fully saturated rings. The molecular weight excluding hydrogens is 322 g/mol. The molecule has 4 saturated carbocycles. The summed E-state index contributed by atoms with van der Waals surface area (Å²) >= 11 is 0. The Morgan fingerprint density at radius 3 is 2.38 bits per heavy atom. The van der Waals surface area contributed by atoms with Crippen LogP contribution in [-0.4, -0.2) is 29.0 Å². The van der Waals surface area contributed by atoms with Crippen molar-refractivity contribution in [3.63, 3.8) is 0 Å². The lowest BCUT2D eigenvalue weighted by Gasteiger charge is -2.62. The number of hydrogen-bond donors (Lipinski definition) is 3. The van der Waals surface area contributed by atoms with E-state index >= 15 is 0 Å². The largest absolute Gasteiger partial charge is 0.393 e. The molecule has 0 aliphatic heterocycles. The fraction of sp³-hybridized carbons (Fsp3) is 1.00. The topological polar surface area (TPSA) is 66.5 Å². The van der Waals surface area contributed by atoms with Crippen LogP contribution < -0.4 is 5.73 Å². The van der Waals surface area contributed by atoms with Gasteiger partial charge in [-0.05, 0) is 111 Å². The average molecular weight is 364 g/mol. The van der Waals surface area contributed by atoms with Crippen molar-refractivity contribution in [3.8, 4) is 0 Å². The van der Waals surface area contributed by atoms with Gasteiger partial charge in [-0.2, -0.15) is 0 Å². The quantitative estimate of drug-likeness (QED) is 0.711. The maximum absolute atomic E-state index is 11.2. The number of fused-ring (bicyclic) bond motifs is 5. The van der Waals surface area contributed by atoms with Gasteiger partial charge in [0.05, 0.1) is 12.2 Å². The summed E-state index contributed by atoms with van der Waals surface area (Å²) in [7, 11) is 0. The van der Waals surface area contributed by atoms with E-state index in [-0.39, 0.29) is 12.2 Å². The molecule has 2 unspecified atom stereocenters. The maximum atomic E-state index is 11.2. The molecule has 0 bridgehead atoms. The van der Waals surface area contributed by atoms with Crippen LogP contribution in [0.2, 0.25) is 0 Å². The zero-order valence-corrected chi connectivity index (χ0v) is 17.2. The molecule has 0 amide bonds. The molecule has 0 aromatic rings. The molecule has 3 heteroatoms. The molecule has 0 aromatic carbocycles. The normalized spacial score (nSPS) is 54.9. The summed E-state index contributed by atoms with van der Waals surface area (Å²) in [6.45, 7) is 8.26. The zero-order valence-electron chi connectivity index (χ0n) is 17.2. The molecule has 3 nitrogen and oxygen atoms in total. The molecule has 4 aliphatic rings. The van der Waals surface area contributed by atoms with E-state index in [2.05, 4.69) is 20.8 Å². The number of nitrogens with two attached hydrogens (primary N) is 1. The lowest BCUT2D eigenvalue weighted by Crippen LogP contribution is -2.58. The Bertz CT molecular complexity index is 524. The SMILES string of the molecule is C[C@H](CCN)C1CC[C@H]2[C@@H]3[C@H](O)CC4C[C@H](O)CC[C@]4(C)[C@H]3CC[C@]12C. The third kappa shape index (κ3) is 2.71. The second-order valence-electron chi connectivity index (χ2n) is 11.0. The Morgan fingerprint density at radius 2 is 1.65 bits per heavy atom. The summed E-state index contributed by atoms with van der Waals surface area (Å²) in [5, 5.41) is 21.4. The van der Waals surface area contributed by atoms with Crippen LogP contribution in [0.25, 0.3) is 0 Å². The van der Waals surface area contributed by atoms with Crippen LogP contribution in [-0.2, 0) is 0 Å². The lowest BCUT2D eigenvalue weighted by molar-refractivity contribution is -0.174. The Kier molecular flexibility index (Phi) is 4.98. The molecule has 150 valence electrons. The smallest absolute Gasteiger partial charge is 0.0577 e. The highest BCUT2D eigenvalue weighted by molar-refractivity contribution is 5.11. The van der Waals surface area contributed by atoms with E-state index in [0.717, 1.165) is 44.6 Å². The van der Waals surface area contributed by atoms with Gasteiger partial charge in [0.2, 0.25) is 0 Å². The molecule has 4 N–H and O–H groups in total. The number of hydrogen-bond acceptors (Lipinski definition) is 3. The van der Waals surface area contributed by atoms with E-state index in [1.807, 2.05) is 0 Å². The van der Waals surface area contributed by atoms with Crippen molar-refractivity contribution in [1.29, 1.82) is 0 Å². The maximum Gasteiger partial charge on any atom is 0.0577 e. The van der Waals surface area contributed by atoms with Crippen molar-refractivity contribution >= 4 is 0 Å². The van der Waals surface area contributed by atoms with Crippen molar-refractivity contribution in [1.82, 2.24) is 0 Å². The lowest BCUT2D eigenvalue weighted by atomic mass is 9.43. The minimum atomic E-state index is -0.156. The van der Waals surface area contributed by atoms with Gasteiger partial charge in [-0.1, -0.05) is 20.8 Å². The monoisotopic (exact) mass is 363 g/mol. The molecule has 0 radical (unpaired) electrons. The third-order valence-corrected chi connectivity index (χ3v) is 10.0. The van der Waals surface area contributed by atoms with Crippen molar-refractivity contribution in [3.05, 3.63) is 0 Å². The third-order valence-electron chi connectivity index (χ3n) is 10.0. The second kappa shape index (κ2) is 6.74. The number of rotatable bonds is 3. The van der Waals surface area contributed by atoms with E-state index in [9.17, 15) is 10.2 Å². The summed E-state index contributed by atoms with van der Waals surface area (Å²) in [5.41, 5.74) is 6.61. The highest BCUT2D eigenvalue weighted by Crippen LogP contribution is 2.68. The van der Waals surface area contributed by atoms with Crippen LogP contribution >= 0.6 is 0 Å². The predicted octanol–water partition coefficient (Wildman–Crippen LogP) is 3.96. The minimum absolute atomic E-state index is 0.140. The second-order valence-corrected chi connectivity index (χ2v) is 11.0. The molecule has 0 heterocycles. The molecule has 0 spiro atoms. The van der Waals surface area contributed by atoms with E-state index in [0.29, 0.717) is 40.4 Å². The van der Waals surface area contributed by atoms with Gasteiger partial charge in [0.15, 0.2) is 0 Å². The molecule has 0 saturated heterocycles. The summed E-state index contributed by atoms with van der Waals surface area (Å²) in [6.07, 6.45) is 10.0. The van der Waals surface area contributed by atoms with Crippen LogP contribution in [0.4, 0.5) is 0 Å². The van der Waals surface area contributed by atoms with Gasteiger partial charge >= 0.3 is 0 Å². The standard InChI is InChI=1S/C23H41NO2/c1-14(8-11-24)17-4-5-18-21-19(7-10-23(17,18)3)22(2)9-6-16(25)12-15(22)13-20(21)26/h14-21,25-26H,4-13,24H2,1-3H3/t14-,15?,16-,17?,18+,19+,20-,21+,22+,23-/m1/s1. The van der Waals surface area contributed by atoms with Gasteiger partial charge in [-0.25, -0.2) is 0 Å². The first kappa shape index (κ1) is 19.2. The Morgan fingerprint density at radius 1 is 0.962 bits per heavy atom. The minimum Gasteiger partial charge on any atom is -0.393 e. The van der Waals surface area contributed by atoms with E-state index in [4.69, 9.17) is 5.73 Å². The first-order valence-electron chi connectivity index (χ1n) is 11.4. The van der Waals surface area contributed by atoms with Crippen molar-refractivity contribution in [2.45, 2.75) is 90.8 Å². The molecule has 0 aromatic heterocycles. The zero-order chi connectivity index (χ0) is 18.7. The van der Waals surface area contributed by atoms with Gasteiger partial charge in [-0.3, -0.25) is 0 Å². The predicted molar refractivity (Wildman–Crippen MR) is 105 cm³/mol. The van der Waals surface area contributed by atoms with Crippen LogP contribution in [0, 0.1) is 46.3 Å². The number of aliphatic hydroxyl groups is 2. The molecule has 4 aliphatic carbocycles. The van der Waals surface area contributed by atoms with E-state index < -0.39 is 0 Å². The van der Waals surface area contributed by atoms with Gasteiger partial charge in [0, 0.05) is 0 Å². The van der Waals surface area contributed by atoms with Crippen molar-refractivity contribution < 1.29 is 10.2 Å². The Hall–Kier alpha value is -0.120. The highest BCUT2D eigenvalue weighted by atomic mass is 16.3. The average Bonchev–Trinajstić information content (AvgIpc) is 2.94. The van der Waals surface area contributed by atoms with Crippen molar-refractivity contribution in [2.24, 2.45) is 52.1 Å². The summed E-state index contributed by atoms with van der Waals surface area (Å²) in [4.78, 5) is 0. The van der Waals surface area contributed by atoms with Crippen LogP contribution in [0.15, 0.2) is 0 Å². The van der Waals surface area contributed by atoms with Gasteiger partial charge < -0.3 is 15.9 Å². The molecular formula is C23H41NO2. The summed E-state index contributed by atoms with van der Waals surface area (Å²) in [5.74, 6) is 3.83. The van der Waals surface area contributed by atoms with Crippen LogP contribution in [0.1, 0.15) is 78.6 Å². The van der Waals surface area contributed by atoms with Gasteiger partial charge in [0.25, 0.3) is 0 Å². The van der Waals surface area contributed by atoms with Crippen LogP contribution in [0.5, 0.6) is 0 Å². The summed E-state index contributed by atoms with van der Waals surface area (Å²) in [6, 6.07) is 0. The van der Waals surface area contributed by atoms with Crippen LogP contribution in [0.3, 0.4) is 0 Å². The Balaban J connectivity index is 1.61. The highest BCUT2D eigenvalue weighted by Gasteiger charge is 2.62. The molecule has 4 rings (SSSR count). The van der Waals surface area contributed by atoms with Gasteiger partial charge in [-0.15, -0.1) is 0 Å².